The molecule has 0 radical (unpaired) electrons. The molecule has 0 amide bonds. The van der Waals surface area contributed by atoms with Crippen LogP contribution in [0, 0.1) is 0 Å². The largest absolute Gasteiger partial charge is 0.392 e. The summed E-state index contributed by atoms with van der Waals surface area (Å²) in [6, 6.07) is 0. The summed E-state index contributed by atoms with van der Waals surface area (Å²) in [4.78, 5) is 0. The second-order valence-electron chi connectivity index (χ2n) is 2.00. The van der Waals surface area contributed by atoms with Crippen LogP contribution in [0.15, 0.2) is 0 Å². The lowest BCUT2D eigenvalue weighted by molar-refractivity contribution is 0.218. The summed E-state index contributed by atoms with van der Waals surface area (Å²) >= 11 is 0. The van der Waals surface area contributed by atoms with Crippen molar-refractivity contribution in [3.63, 3.8) is 0 Å². The smallest absolute Gasteiger partial charge is 0.372 e. The minimum Gasteiger partial charge on any atom is -0.392 e. The van der Waals surface area contributed by atoms with Crippen molar-refractivity contribution in [2.24, 2.45) is 0 Å². The molecule has 0 aliphatic rings. The van der Waals surface area contributed by atoms with E-state index in [1.807, 2.05) is 0 Å². The van der Waals surface area contributed by atoms with Gasteiger partial charge in [-0.05, 0) is 6.92 Å². The zero-order valence-electron chi connectivity index (χ0n) is 5.63. The van der Waals surface area contributed by atoms with Crippen LogP contribution in [0.2, 0.25) is 0 Å². The first kappa shape index (κ1) is 10.8. The van der Waals surface area contributed by atoms with E-state index in [2.05, 4.69) is 0 Å². The zero-order valence-corrected chi connectivity index (χ0v) is 7.26. The van der Waals surface area contributed by atoms with E-state index in [-0.39, 0.29) is 0 Å². The third kappa shape index (κ3) is 3.14. The monoisotopic (exact) mass is 204 g/mol. The number of hydrogen-bond donors (Lipinski definition) is 2. The third-order valence-corrected chi connectivity index (χ3v) is 4.63. The molecule has 2 N–H and O–H groups in total. The van der Waals surface area contributed by atoms with Gasteiger partial charge in [-0.2, -0.15) is 8.42 Å². The Morgan fingerprint density at radius 2 is 1.64 bits per heavy atom. The molecule has 0 saturated heterocycles. The number of hydrogen-bond acceptors (Lipinski definition) is 5. The van der Waals surface area contributed by atoms with Gasteiger partial charge in [0, 0.05) is 0 Å². The summed E-state index contributed by atoms with van der Waals surface area (Å²) < 4.78 is 49.1. The van der Waals surface area contributed by atoms with Gasteiger partial charge in [-0.1, -0.05) is 0 Å². The molecule has 8 heteroatoms. The first-order valence-corrected chi connectivity index (χ1v) is 6.16. The number of aliphatic hydroxyl groups excluding tert-OH is 1. The second kappa shape index (κ2) is 3.05. The van der Waals surface area contributed by atoms with Gasteiger partial charge in [-0.25, -0.2) is 8.42 Å². The van der Waals surface area contributed by atoms with Crippen LogP contribution in [0.4, 0.5) is 0 Å². The summed E-state index contributed by atoms with van der Waals surface area (Å²) in [6.45, 7) is 1.10. The Labute approximate surface area is 63.9 Å². The predicted octanol–water partition coefficient (Wildman–Crippen LogP) is -1.42. The molecular weight excluding hydrogens is 196 g/mol. The highest BCUT2D eigenvalue weighted by atomic mass is 33.2. The Hall–Kier alpha value is -0.180. The molecule has 0 aromatic rings. The van der Waals surface area contributed by atoms with Gasteiger partial charge in [0.2, 0.25) is 0 Å². The van der Waals surface area contributed by atoms with Gasteiger partial charge in [0.1, 0.15) is 0 Å². The van der Waals surface area contributed by atoms with Gasteiger partial charge in [-0.3, -0.25) is 4.55 Å². The lowest BCUT2D eigenvalue weighted by atomic mass is 10.5. The van der Waals surface area contributed by atoms with E-state index in [1.54, 1.807) is 0 Å². The van der Waals surface area contributed by atoms with Crippen LogP contribution in [0.1, 0.15) is 6.92 Å². The van der Waals surface area contributed by atoms with E-state index in [4.69, 9.17) is 9.66 Å². The fourth-order valence-corrected chi connectivity index (χ4v) is 2.25. The quantitative estimate of drug-likeness (QED) is 0.431. The van der Waals surface area contributed by atoms with Crippen molar-refractivity contribution in [1.29, 1.82) is 0 Å². The van der Waals surface area contributed by atoms with Gasteiger partial charge < -0.3 is 5.11 Å². The molecule has 0 bridgehead atoms. The van der Waals surface area contributed by atoms with E-state index in [0.29, 0.717) is 0 Å². The van der Waals surface area contributed by atoms with E-state index < -0.39 is 29.9 Å². The van der Waals surface area contributed by atoms with Crippen LogP contribution in [0.25, 0.3) is 0 Å². The van der Waals surface area contributed by atoms with Gasteiger partial charge >= 0.3 is 9.15 Å². The van der Waals surface area contributed by atoms with Crippen LogP contribution >= 0.6 is 0 Å². The van der Waals surface area contributed by atoms with Crippen molar-refractivity contribution in [2.75, 3.05) is 5.75 Å². The average Bonchev–Trinajstić information content (AvgIpc) is 1.56. The Kier molecular flexibility index (Phi) is 3.00. The molecule has 0 saturated carbocycles. The predicted molar refractivity (Wildman–Crippen MR) is 37.0 cm³/mol. The van der Waals surface area contributed by atoms with Crippen molar-refractivity contribution in [1.82, 2.24) is 0 Å². The van der Waals surface area contributed by atoms with Crippen molar-refractivity contribution < 1.29 is 26.5 Å². The third-order valence-electron chi connectivity index (χ3n) is 0.766. The topological polar surface area (TPSA) is 109 Å². The molecule has 0 aromatic heterocycles. The zero-order chi connectivity index (χ0) is 9.28. The molecule has 0 aliphatic carbocycles. The molecule has 1 unspecified atom stereocenters. The van der Waals surface area contributed by atoms with E-state index in [9.17, 15) is 16.8 Å². The fourth-order valence-electron chi connectivity index (χ4n) is 0.381. The summed E-state index contributed by atoms with van der Waals surface area (Å²) in [7, 11) is -9.70. The first-order valence-electron chi connectivity index (χ1n) is 2.55. The molecule has 11 heavy (non-hydrogen) atoms. The second-order valence-corrected chi connectivity index (χ2v) is 7.09. The maximum absolute atomic E-state index is 10.5. The van der Waals surface area contributed by atoms with Gasteiger partial charge in [0.05, 0.1) is 11.9 Å². The maximum Gasteiger partial charge on any atom is 0.372 e. The minimum atomic E-state index is -5.09. The van der Waals surface area contributed by atoms with Crippen LogP contribution in [-0.2, 0) is 18.0 Å². The van der Waals surface area contributed by atoms with Crippen molar-refractivity contribution in [3.8, 4) is 0 Å². The van der Waals surface area contributed by atoms with Crippen LogP contribution in [0.3, 0.4) is 0 Å². The lowest BCUT2D eigenvalue weighted by Gasteiger charge is -2.01. The fraction of sp³-hybridized carbons (Fsp3) is 1.00. The molecule has 1 atom stereocenters. The summed E-state index contributed by atoms with van der Waals surface area (Å²) in [5.74, 6) is -0.994. The lowest BCUT2D eigenvalue weighted by Crippen LogP contribution is -2.24. The molecule has 0 aromatic carbocycles. The van der Waals surface area contributed by atoms with Gasteiger partial charge in [0.25, 0.3) is 8.87 Å². The molecule has 0 fully saturated rings. The normalized spacial score (nSPS) is 16.3. The van der Waals surface area contributed by atoms with E-state index in [0.717, 1.165) is 6.92 Å². The highest BCUT2D eigenvalue weighted by Gasteiger charge is 2.28. The molecule has 0 aliphatic heterocycles. The Balaban J connectivity index is 4.81. The van der Waals surface area contributed by atoms with Crippen LogP contribution in [0.5, 0.6) is 0 Å². The minimum absolute atomic E-state index is 0.994. The molecule has 0 rings (SSSR count). The standard InChI is InChI=1S/C3H8O6S2/c1-3(4)2-10(5,6)11(7,8)9/h3-4H,2H2,1H3,(H,7,8,9). The SMILES string of the molecule is CC(O)CS(=O)(=O)S(=O)(=O)O. The first-order chi connectivity index (χ1) is 4.67. The molecular formula is C3H8O6S2. The summed E-state index contributed by atoms with van der Waals surface area (Å²) in [5, 5.41) is 8.50. The van der Waals surface area contributed by atoms with E-state index >= 15 is 0 Å². The van der Waals surface area contributed by atoms with Crippen LogP contribution in [-0.4, -0.2) is 38.4 Å². The molecule has 0 spiro atoms. The van der Waals surface area contributed by atoms with Gasteiger partial charge in [0.15, 0.2) is 0 Å². The van der Waals surface area contributed by atoms with Crippen molar-refractivity contribution in [2.45, 2.75) is 13.0 Å². The van der Waals surface area contributed by atoms with Crippen molar-refractivity contribution in [3.05, 3.63) is 0 Å². The Morgan fingerprint density at radius 1 is 1.27 bits per heavy atom. The average molecular weight is 204 g/mol. The number of aliphatic hydroxyl groups is 1. The summed E-state index contributed by atoms with van der Waals surface area (Å²) in [6.07, 6.45) is -1.32. The molecule has 68 valence electrons. The highest BCUT2D eigenvalue weighted by Crippen LogP contribution is 2.01. The Bertz CT molecular complexity index is 308. The Morgan fingerprint density at radius 3 is 1.73 bits per heavy atom. The van der Waals surface area contributed by atoms with Crippen LogP contribution < -0.4 is 0 Å². The molecule has 6 nitrogen and oxygen atoms in total. The highest BCUT2D eigenvalue weighted by molar-refractivity contribution is 8.64. The molecule has 0 heterocycles. The van der Waals surface area contributed by atoms with Crippen molar-refractivity contribution >= 4 is 18.0 Å². The maximum atomic E-state index is 10.5. The summed E-state index contributed by atoms with van der Waals surface area (Å²) in [5.41, 5.74) is 0. The number of rotatable bonds is 3. The van der Waals surface area contributed by atoms with E-state index in [1.165, 1.54) is 0 Å². The van der Waals surface area contributed by atoms with Gasteiger partial charge in [-0.15, -0.1) is 0 Å².